The van der Waals surface area contributed by atoms with E-state index in [2.05, 4.69) is 69.4 Å². The van der Waals surface area contributed by atoms with Gasteiger partial charge in [0.1, 0.15) is 5.75 Å². The summed E-state index contributed by atoms with van der Waals surface area (Å²) in [5, 5.41) is 4.12. The zero-order valence-corrected chi connectivity index (χ0v) is 18.7. The standard InChI is InChI=1S/C25H33NOS/c1-24(2)10-11-25(3,4)22-14-18(7-8-21(22)24)20-13-17(6-9-23(20)27-5)12-19-15-26-16-28-19/h6-9,13-14,19,26H,10-12,15-16H2,1-5H3. The average molecular weight is 396 g/mol. The lowest BCUT2D eigenvalue weighted by molar-refractivity contribution is 0.332. The molecule has 1 N–H and O–H groups in total. The molecule has 0 aromatic heterocycles. The second kappa shape index (κ2) is 7.42. The van der Waals surface area contributed by atoms with E-state index in [1.165, 1.54) is 40.7 Å². The third-order valence-electron chi connectivity index (χ3n) is 6.68. The Hall–Kier alpha value is -1.45. The van der Waals surface area contributed by atoms with Crippen LogP contribution in [0.2, 0.25) is 0 Å². The van der Waals surface area contributed by atoms with Gasteiger partial charge in [0, 0.05) is 23.2 Å². The predicted octanol–water partition coefficient (Wildman–Crippen LogP) is 5.92. The van der Waals surface area contributed by atoms with Crippen molar-refractivity contribution in [2.75, 3.05) is 19.5 Å². The Morgan fingerprint density at radius 1 is 1.00 bits per heavy atom. The minimum absolute atomic E-state index is 0.220. The normalized spacial score (nSPS) is 22.7. The first kappa shape index (κ1) is 19.8. The van der Waals surface area contributed by atoms with Crippen LogP contribution in [0, 0.1) is 0 Å². The molecule has 2 aromatic rings. The molecule has 1 fully saturated rings. The van der Waals surface area contributed by atoms with Crippen molar-refractivity contribution in [1.29, 1.82) is 0 Å². The zero-order valence-electron chi connectivity index (χ0n) is 17.9. The first-order valence-electron chi connectivity index (χ1n) is 10.4. The Morgan fingerprint density at radius 2 is 1.75 bits per heavy atom. The van der Waals surface area contributed by atoms with Gasteiger partial charge in [-0.3, -0.25) is 0 Å². The number of rotatable bonds is 4. The summed E-state index contributed by atoms with van der Waals surface area (Å²) in [6, 6.07) is 13.8. The fraction of sp³-hybridized carbons (Fsp3) is 0.520. The van der Waals surface area contributed by atoms with Crippen molar-refractivity contribution in [2.24, 2.45) is 0 Å². The van der Waals surface area contributed by atoms with Gasteiger partial charge in [0.05, 0.1) is 7.11 Å². The van der Waals surface area contributed by atoms with Crippen molar-refractivity contribution in [3.63, 3.8) is 0 Å². The third-order valence-corrected chi connectivity index (χ3v) is 7.86. The van der Waals surface area contributed by atoms with Crippen LogP contribution in [0.5, 0.6) is 5.75 Å². The van der Waals surface area contributed by atoms with Gasteiger partial charge < -0.3 is 10.1 Å². The molecule has 1 aliphatic carbocycles. The van der Waals surface area contributed by atoms with Gasteiger partial charge in [-0.25, -0.2) is 0 Å². The minimum Gasteiger partial charge on any atom is -0.496 e. The maximum Gasteiger partial charge on any atom is 0.126 e. The Kier molecular flexibility index (Phi) is 5.26. The first-order chi connectivity index (χ1) is 13.3. The molecule has 150 valence electrons. The van der Waals surface area contributed by atoms with Crippen LogP contribution >= 0.6 is 11.8 Å². The quantitative estimate of drug-likeness (QED) is 0.695. The molecular weight excluding hydrogens is 362 g/mol. The molecule has 1 saturated heterocycles. The van der Waals surface area contributed by atoms with Crippen molar-refractivity contribution in [1.82, 2.24) is 5.32 Å². The molecule has 2 aromatic carbocycles. The minimum atomic E-state index is 0.220. The van der Waals surface area contributed by atoms with Gasteiger partial charge in [-0.1, -0.05) is 52.0 Å². The van der Waals surface area contributed by atoms with E-state index in [-0.39, 0.29) is 10.8 Å². The highest BCUT2D eigenvalue weighted by Crippen LogP contribution is 2.47. The molecule has 2 aliphatic rings. The van der Waals surface area contributed by atoms with Crippen molar-refractivity contribution >= 4 is 11.8 Å². The number of thioether (sulfide) groups is 1. The number of methoxy groups -OCH3 is 1. The van der Waals surface area contributed by atoms with Crippen LogP contribution in [-0.4, -0.2) is 24.8 Å². The molecule has 0 amide bonds. The topological polar surface area (TPSA) is 21.3 Å². The molecule has 0 bridgehead atoms. The Balaban J connectivity index is 1.76. The first-order valence-corrected chi connectivity index (χ1v) is 11.5. The second-order valence-electron chi connectivity index (χ2n) is 9.65. The van der Waals surface area contributed by atoms with Gasteiger partial charge in [0.25, 0.3) is 0 Å². The number of nitrogens with one attached hydrogen (secondary N) is 1. The summed E-state index contributed by atoms with van der Waals surface area (Å²) in [6.07, 6.45) is 3.59. The third kappa shape index (κ3) is 3.71. The highest BCUT2D eigenvalue weighted by atomic mass is 32.2. The largest absolute Gasteiger partial charge is 0.496 e. The van der Waals surface area contributed by atoms with E-state index in [1.54, 1.807) is 7.11 Å². The van der Waals surface area contributed by atoms with Gasteiger partial charge >= 0.3 is 0 Å². The fourth-order valence-electron chi connectivity index (χ4n) is 4.71. The van der Waals surface area contributed by atoms with E-state index < -0.39 is 0 Å². The van der Waals surface area contributed by atoms with Gasteiger partial charge in [-0.15, -0.1) is 11.8 Å². The van der Waals surface area contributed by atoms with Crippen LogP contribution in [0.25, 0.3) is 11.1 Å². The molecule has 4 rings (SSSR count). The van der Waals surface area contributed by atoms with E-state index in [9.17, 15) is 0 Å². The monoisotopic (exact) mass is 395 g/mol. The molecule has 1 heterocycles. The van der Waals surface area contributed by atoms with E-state index >= 15 is 0 Å². The number of benzene rings is 2. The summed E-state index contributed by atoms with van der Waals surface area (Å²) in [5.74, 6) is 2.04. The lowest BCUT2D eigenvalue weighted by atomic mass is 9.63. The molecular formula is C25H33NOS. The van der Waals surface area contributed by atoms with Crippen LogP contribution in [0.4, 0.5) is 0 Å². The summed E-state index contributed by atoms with van der Waals surface area (Å²) >= 11 is 2.02. The van der Waals surface area contributed by atoms with Crippen molar-refractivity contribution in [2.45, 2.75) is 63.0 Å². The van der Waals surface area contributed by atoms with Crippen LogP contribution in [0.3, 0.4) is 0 Å². The number of hydrogen-bond donors (Lipinski definition) is 1. The van der Waals surface area contributed by atoms with Gasteiger partial charge in [-0.2, -0.15) is 0 Å². The van der Waals surface area contributed by atoms with E-state index in [0.717, 1.165) is 24.6 Å². The molecule has 1 atom stereocenters. The summed E-state index contributed by atoms with van der Waals surface area (Å²) in [5.41, 5.74) is 7.38. The number of fused-ring (bicyclic) bond motifs is 1. The fourth-order valence-corrected chi connectivity index (χ4v) is 5.73. The molecule has 0 radical (unpaired) electrons. The highest BCUT2D eigenvalue weighted by molar-refractivity contribution is 8.00. The molecule has 1 unspecified atom stereocenters. The summed E-state index contributed by atoms with van der Waals surface area (Å²) in [4.78, 5) is 0. The van der Waals surface area contributed by atoms with Crippen LogP contribution in [-0.2, 0) is 17.3 Å². The molecule has 2 nitrogen and oxygen atoms in total. The molecule has 3 heteroatoms. The maximum atomic E-state index is 5.74. The van der Waals surface area contributed by atoms with Crippen LogP contribution in [0.1, 0.15) is 57.2 Å². The summed E-state index contributed by atoms with van der Waals surface area (Å²) < 4.78 is 5.74. The molecule has 0 saturated carbocycles. The summed E-state index contributed by atoms with van der Waals surface area (Å²) in [7, 11) is 1.78. The number of hydrogen-bond acceptors (Lipinski definition) is 3. The van der Waals surface area contributed by atoms with Gasteiger partial charge in [-0.05, 0) is 64.5 Å². The Bertz CT molecular complexity index is 865. The molecule has 1 aliphatic heterocycles. The summed E-state index contributed by atoms with van der Waals surface area (Å²) in [6.45, 7) is 10.7. The SMILES string of the molecule is COc1ccc(CC2CNCS2)cc1-c1ccc2c(c1)C(C)(C)CCC2(C)C. The molecule has 28 heavy (non-hydrogen) atoms. The number of ether oxygens (including phenoxy) is 1. The average Bonchev–Trinajstić information content (AvgIpc) is 3.18. The molecule has 0 spiro atoms. The lowest BCUT2D eigenvalue weighted by Gasteiger charge is -2.42. The van der Waals surface area contributed by atoms with E-state index in [1.807, 2.05) is 11.8 Å². The van der Waals surface area contributed by atoms with Gasteiger partial charge in [0.2, 0.25) is 0 Å². The highest BCUT2D eigenvalue weighted by Gasteiger charge is 2.37. The maximum absolute atomic E-state index is 5.74. The van der Waals surface area contributed by atoms with Crippen molar-refractivity contribution in [3.8, 4) is 16.9 Å². The van der Waals surface area contributed by atoms with E-state index in [4.69, 9.17) is 4.74 Å². The van der Waals surface area contributed by atoms with Crippen molar-refractivity contribution in [3.05, 3.63) is 53.1 Å². The van der Waals surface area contributed by atoms with E-state index in [0.29, 0.717) is 5.25 Å². The Labute approximate surface area is 174 Å². The smallest absolute Gasteiger partial charge is 0.126 e. The van der Waals surface area contributed by atoms with Crippen LogP contribution < -0.4 is 10.1 Å². The van der Waals surface area contributed by atoms with Crippen molar-refractivity contribution < 1.29 is 4.74 Å². The van der Waals surface area contributed by atoms with Crippen LogP contribution in [0.15, 0.2) is 36.4 Å². The lowest BCUT2D eigenvalue weighted by Crippen LogP contribution is -2.33. The predicted molar refractivity (Wildman–Crippen MR) is 122 cm³/mol. The second-order valence-corrected chi connectivity index (χ2v) is 10.9. The van der Waals surface area contributed by atoms with Gasteiger partial charge in [0.15, 0.2) is 0 Å². The Morgan fingerprint density at radius 3 is 2.43 bits per heavy atom. The zero-order chi connectivity index (χ0) is 19.9.